The summed E-state index contributed by atoms with van der Waals surface area (Å²) in [6, 6.07) is 4.02. The number of rotatable bonds is 7. The summed E-state index contributed by atoms with van der Waals surface area (Å²) in [6.45, 7) is 9.44. The Morgan fingerprint density at radius 3 is 2.59 bits per heavy atom. The monoisotopic (exact) mass is 290 g/mol. The van der Waals surface area contributed by atoms with Crippen LogP contribution in [0.3, 0.4) is 0 Å². The van der Waals surface area contributed by atoms with Crippen molar-refractivity contribution in [3.05, 3.63) is 91.4 Å². The largest absolute Gasteiger partial charge is 0.296 e. The van der Waals surface area contributed by atoms with E-state index in [0.717, 1.165) is 22.4 Å². The summed E-state index contributed by atoms with van der Waals surface area (Å²) in [4.78, 5) is 8.56. The molecule has 1 heterocycles. The van der Waals surface area contributed by atoms with Crippen LogP contribution in [0.4, 0.5) is 0 Å². The zero-order valence-electron chi connectivity index (χ0n) is 13.2. The number of aromatic nitrogens is 1. The van der Waals surface area contributed by atoms with Gasteiger partial charge >= 0.3 is 0 Å². The Balaban J connectivity index is 3.32. The molecule has 1 aromatic heterocycles. The predicted octanol–water partition coefficient (Wildman–Crippen LogP) is 5.05. The van der Waals surface area contributed by atoms with Gasteiger partial charge in [0.1, 0.15) is 0 Å². The normalized spacial score (nSPS) is 13.4. The molecule has 112 valence electrons. The number of pyridine rings is 1. The maximum Gasteiger partial charge on any atom is 0.0708 e. The van der Waals surface area contributed by atoms with Crippen LogP contribution >= 0.6 is 0 Å². The van der Waals surface area contributed by atoms with Crippen LogP contribution in [0.1, 0.15) is 18.2 Å². The van der Waals surface area contributed by atoms with Crippen molar-refractivity contribution in [3.8, 4) is 0 Å². The van der Waals surface area contributed by atoms with Gasteiger partial charge in [0.25, 0.3) is 0 Å². The van der Waals surface area contributed by atoms with Crippen molar-refractivity contribution in [2.24, 2.45) is 4.99 Å². The Morgan fingerprint density at radius 1 is 1.14 bits per heavy atom. The SMILES string of the molecule is C=C/C=C\C(=C/C=C)c1cc(C(/C=N\C)=C/C=C\C)ccn1. The fourth-order valence-electron chi connectivity index (χ4n) is 1.85. The number of allylic oxidation sites excluding steroid dienone is 10. The maximum absolute atomic E-state index is 4.44. The lowest BCUT2D eigenvalue weighted by Crippen LogP contribution is -1.92. The van der Waals surface area contributed by atoms with Crippen LogP contribution in [0.25, 0.3) is 11.1 Å². The molecule has 1 aromatic rings. The highest BCUT2D eigenvalue weighted by molar-refractivity contribution is 6.10. The molecule has 0 saturated heterocycles. The minimum Gasteiger partial charge on any atom is -0.296 e. The second-order valence-corrected chi connectivity index (χ2v) is 4.42. The van der Waals surface area contributed by atoms with Crippen LogP contribution in [0, 0.1) is 0 Å². The summed E-state index contributed by atoms with van der Waals surface area (Å²) in [5, 5.41) is 0. The Morgan fingerprint density at radius 2 is 1.95 bits per heavy atom. The van der Waals surface area contributed by atoms with E-state index in [1.807, 2.05) is 61.7 Å². The molecule has 0 amide bonds. The highest BCUT2D eigenvalue weighted by Gasteiger charge is 2.03. The molecular formula is C20H22N2. The van der Waals surface area contributed by atoms with Crippen molar-refractivity contribution in [3.63, 3.8) is 0 Å². The molecule has 0 unspecified atom stereocenters. The van der Waals surface area contributed by atoms with E-state index in [2.05, 4.69) is 23.1 Å². The van der Waals surface area contributed by atoms with Crippen molar-refractivity contribution in [1.29, 1.82) is 0 Å². The van der Waals surface area contributed by atoms with E-state index in [9.17, 15) is 0 Å². The van der Waals surface area contributed by atoms with Gasteiger partial charge in [0.2, 0.25) is 0 Å². The average Bonchev–Trinajstić information content (AvgIpc) is 2.55. The van der Waals surface area contributed by atoms with Gasteiger partial charge < -0.3 is 0 Å². The second kappa shape index (κ2) is 10.1. The molecule has 22 heavy (non-hydrogen) atoms. The molecule has 0 bridgehead atoms. The van der Waals surface area contributed by atoms with Gasteiger partial charge in [-0.2, -0.15) is 0 Å². The van der Waals surface area contributed by atoms with E-state index in [1.54, 1.807) is 25.4 Å². The highest BCUT2D eigenvalue weighted by atomic mass is 14.7. The molecule has 0 aliphatic rings. The molecule has 2 nitrogen and oxygen atoms in total. The van der Waals surface area contributed by atoms with Gasteiger partial charge in [-0.05, 0) is 30.2 Å². The van der Waals surface area contributed by atoms with Gasteiger partial charge in [-0.3, -0.25) is 9.98 Å². The van der Waals surface area contributed by atoms with Crippen molar-refractivity contribution < 1.29 is 0 Å². The van der Waals surface area contributed by atoms with Crippen LogP contribution < -0.4 is 0 Å². The van der Waals surface area contributed by atoms with E-state index in [4.69, 9.17) is 0 Å². The molecular weight excluding hydrogens is 268 g/mol. The number of hydrogen-bond donors (Lipinski definition) is 0. The van der Waals surface area contributed by atoms with Crippen LogP contribution in [0.5, 0.6) is 0 Å². The van der Waals surface area contributed by atoms with E-state index in [0.29, 0.717) is 0 Å². The number of aliphatic imine (C=N–C) groups is 1. The minimum atomic E-state index is 0.881. The molecule has 0 fully saturated rings. The second-order valence-electron chi connectivity index (χ2n) is 4.42. The van der Waals surface area contributed by atoms with Crippen LogP contribution in [-0.4, -0.2) is 18.2 Å². The summed E-state index contributed by atoms with van der Waals surface area (Å²) >= 11 is 0. The summed E-state index contributed by atoms with van der Waals surface area (Å²) in [5.41, 5.74) is 3.97. The summed E-state index contributed by atoms with van der Waals surface area (Å²) in [5.74, 6) is 0. The van der Waals surface area contributed by atoms with Gasteiger partial charge in [-0.15, -0.1) is 0 Å². The molecule has 2 heteroatoms. The maximum atomic E-state index is 4.44. The number of nitrogens with zero attached hydrogens (tertiary/aromatic N) is 2. The third-order valence-corrected chi connectivity index (χ3v) is 2.83. The fraction of sp³-hybridized carbons (Fsp3) is 0.100. The van der Waals surface area contributed by atoms with Crippen molar-refractivity contribution in [1.82, 2.24) is 4.98 Å². The van der Waals surface area contributed by atoms with Gasteiger partial charge in [-0.25, -0.2) is 0 Å². The molecule has 0 aliphatic heterocycles. The van der Waals surface area contributed by atoms with E-state index in [1.165, 1.54) is 0 Å². The minimum absolute atomic E-state index is 0.881. The lowest BCUT2D eigenvalue weighted by molar-refractivity contribution is 1.27. The molecule has 0 aromatic carbocycles. The lowest BCUT2D eigenvalue weighted by Gasteiger charge is -2.06. The zero-order chi connectivity index (χ0) is 16.2. The summed E-state index contributed by atoms with van der Waals surface area (Å²) < 4.78 is 0. The van der Waals surface area contributed by atoms with Gasteiger partial charge in [-0.1, -0.05) is 61.8 Å². The molecule has 0 saturated carbocycles. The van der Waals surface area contributed by atoms with Crippen LogP contribution in [-0.2, 0) is 0 Å². The third-order valence-electron chi connectivity index (χ3n) is 2.83. The van der Waals surface area contributed by atoms with E-state index in [-0.39, 0.29) is 0 Å². The Hall–Kier alpha value is -2.74. The van der Waals surface area contributed by atoms with Crippen molar-refractivity contribution >= 4 is 17.4 Å². The quantitative estimate of drug-likeness (QED) is 0.509. The first-order valence-corrected chi connectivity index (χ1v) is 7.10. The fourth-order valence-corrected chi connectivity index (χ4v) is 1.85. The average molecular weight is 290 g/mol. The summed E-state index contributed by atoms with van der Waals surface area (Å²) in [6.07, 6.45) is 18.9. The van der Waals surface area contributed by atoms with Gasteiger partial charge in [0.15, 0.2) is 0 Å². The molecule has 1 rings (SSSR count). The van der Waals surface area contributed by atoms with Gasteiger partial charge in [0, 0.05) is 25.0 Å². The molecule has 0 N–H and O–H groups in total. The van der Waals surface area contributed by atoms with Crippen LogP contribution in [0.15, 0.2) is 85.1 Å². The Bertz CT molecular complexity index is 639. The molecule has 0 aliphatic carbocycles. The lowest BCUT2D eigenvalue weighted by atomic mass is 10.0. The molecule has 0 radical (unpaired) electrons. The van der Waals surface area contributed by atoms with Crippen LogP contribution in [0.2, 0.25) is 0 Å². The molecule has 0 spiro atoms. The first-order valence-electron chi connectivity index (χ1n) is 7.10. The Labute approximate surface area is 133 Å². The first kappa shape index (κ1) is 17.3. The highest BCUT2D eigenvalue weighted by Crippen LogP contribution is 2.19. The Kier molecular flexibility index (Phi) is 7.91. The first-order chi connectivity index (χ1) is 10.8. The van der Waals surface area contributed by atoms with Crippen molar-refractivity contribution in [2.75, 3.05) is 7.05 Å². The van der Waals surface area contributed by atoms with E-state index >= 15 is 0 Å². The smallest absolute Gasteiger partial charge is 0.0708 e. The van der Waals surface area contributed by atoms with E-state index < -0.39 is 0 Å². The van der Waals surface area contributed by atoms with Gasteiger partial charge in [0.05, 0.1) is 5.69 Å². The van der Waals surface area contributed by atoms with Crippen molar-refractivity contribution in [2.45, 2.75) is 6.92 Å². The summed E-state index contributed by atoms with van der Waals surface area (Å²) in [7, 11) is 1.77. The number of hydrogen-bond acceptors (Lipinski definition) is 2. The predicted molar refractivity (Wildman–Crippen MR) is 99.0 cm³/mol. The molecule has 0 atom stereocenters. The zero-order valence-corrected chi connectivity index (χ0v) is 13.2. The standard InChI is InChI=1S/C20H22N2/c1-5-8-11-17(10-7-3)20-15-18(13-14-22-20)19(16-21-4)12-9-6-2/h5-16H,1,3H2,2,4H3/b9-6-,11-8-,17-10+,19-12+,21-16-. The topological polar surface area (TPSA) is 25.2 Å². The third kappa shape index (κ3) is 5.33.